The van der Waals surface area contributed by atoms with Crippen LogP contribution in [0.15, 0.2) is 18.2 Å². The quantitative estimate of drug-likeness (QED) is 0.854. The van der Waals surface area contributed by atoms with Gasteiger partial charge in [0, 0.05) is 21.9 Å². The molecule has 0 bridgehead atoms. The molecule has 1 aromatic carbocycles. The summed E-state index contributed by atoms with van der Waals surface area (Å²) in [6.07, 6.45) is 3.46. The van der Waals surface area contributed by atoms with Crippen molar-refractivity contribution in [3.63, 3.8) is 0 Å². The maximum atomic E-state index is 10.9. The lowest BCUT2D eigenvalue weighted by atomic mass is 9.76. The van der Waals surface area contributed by atoms with E-state index in [1.165, 1.54) is 27.3 Å². The molecule has 0 saturated heterocycles. The molecule has 0 aliphatic heterocycles. The molecule has 122 valence electrons. The Morgan fingerprint density at radius 3 is 2.87 bits per heavy atom. The van der Waals surface area contributed by atoms with E-state index >= 15 is 0 Å². The third kappa shape index (κ3) is 2.93. The number of carbonyl (C=O) groups excluding carboxylic acids is 1. The van der Waals surface area contributed by atoms with Gasteiger partial charge < -0.3 is 10.5 Å². The number of nitrogens with two attached hydrogens (primary N) is 1. The first-order chi connectivity index (χ1) is 11.0. The second-order valence-electron chi connectivity index (χ2n) is 7.01. The van der Waals surface area contributed by atoms with E-state index in [9.17, 15) is 4.79 Å². The van der Waals surface area contributed by atoms with E-state index in [1.807, 2.05) is 29.5 Å². The van der Waals surface area contributed by atoms with Crippen LogP contribution in [0.2, 0.25) is 0 Å². The van der Waals surface area contributed by atoms with Crippen LogP contribution in [0.1, 0.15) is 41.8 Å². The highest BCUT2D eigenvalue weighted by atomic mass is 32.1. The third-order valence-electron chi connectivity index (χ3n) is 4.77. The van der Waals surface area contributed by atoms with Gasteiger partial charge in [0.1, 0.15) is 5.75 Å². The molecule has 0 atom stereocenters. The van der Waals surface area contributed by atoms with Crippen molar-refractivity contribution in [2.45, 2.75) is 46.6 Å². The summed E-state index contributed by atoms with van der Waals surface area (Å²) in [4.78, 5) is 13.5. The van der Waals surface area contributed by atoms with Gasteiger partial charge in [0.25, 0.3) is 6.47 Å². The predicted octanol–water partition coefficient (Wildman–Crippen LogP) is 4.23. The zero-order valence-corrected chi connectivity index (χ0v) is 14.8. The molecule has 0 saturated carbocycles. The summed E-state index contributed by atoms with van der Waals surface area (Å²) in [6.45, 7) is 7.77. The predicted molar refractivity (Wildman–Crippen MR) is 94.9 cm³/mol. The minimum absolute atomic E-state index is 0.353. The first kappa shape index (κ1) is 16.2. The van der Waals surface area contributed by atoms with Crippen molar-refractivity contribution in [1.29, 1.82) is 0 Å². The van der Waals surface area contributed by atoms with Gasteiger partial charge in [0.05, 0.1) is 0 Å². The van der Waals surface area contributed by atoms with Crippen molar-refractivity contribution in [3.8, 4) is 16.2 Å². The topological polar surface area (TPSA) is 52.3 Å². The average molecular weight is 329 g/mol. The second kappa shape index (κ2) is 6.10. The number of hydrogen-bond acceptors (Lipinski definition) is 4. The monoisotopic (exact) mass is 329 g/mol. The Morgan fingerprint density at radius 1 is 1.39 bits per heavy atom. The number of carbonyl (C=O) groups is 1. The number of thiophene rings is 1. The molecule has 1 heterocycles. The summed E-state index contributed by atoms with van der Waals surface area (Å²) in [5.74, 6) is 0.601. The molecule has 1 aliphatic carbocycles. The molecule has 1 aliphatic rings. The molecule has 0 amide bonds. The number of benzene rings is 1. The summed E-state index contributed by atoms with van der Waals surface area (Å²) < 4.78 is 5.23. The molecular weight excluding hydrogens is 306 g/mol. The molecule has 3 rings (SSSR count). The molecule has 0 unspecified atom stereocenters. The van der Waals surface area contributed by atoms with E-state index in [4.69, 9.17) is 10.5 Å². The van der Waals surface area contributed by atoms with Crippen molar-refractivity contribution in [1.82, 2.24) is 0 Å². The van der Waals surface area contributed by atoms with E-state index < -0.39 is 0 Å². The lowest BCUT2D eigenvalue weighted by Crippen LogP contribution is -2.21. The first-order valence-electron chi connectivity index (χ1n) is 8.00. The van der Waals surface area contributed by atoms with Gasteiger partial charge in [-0.05, 0) is 54.4 Å². The highest BCUT2D eigenvalue weighted by molar-refractivity contribution is 7.16. The van der Waals surface area contributed by atoms with Crippen molar-refractivity contribution >= 4 is 17.8 Å². The summed E-state index contributed by atoms with van der Waals surface area (Å²) in [5.41, 5.74) is 11.1. The zero-order valence-electron chi connectivity index (χ0n) is 13.9. The minimum Gasteiger partial charge on any atom is -0.428 e. The zero-order chi connectivity index (χ0) is 16.6. The molecule has 4 heteroatoms. The Labute approximate surface area is 141 Å². The van der Waals surface area contributed by atoms with Gasteiger partial charge >= 0.3 is 0 Å². The van der Waals surface area contributed by atoms with Gasteiger partial charge in [0.2, 0.25) is 0 Å². The Hall–Kier alpha value is -1.65. The van der Waals surface area contributed by atoms with E-state index in [0.29, 0.717) is 24.2 Å². The fraction of sp³-hybridized carbons (Fsp3) is 0.421. The van der Waals surface area contributed by atoms with E-state index in [2.05, 4.69) is 20.8 Å². The first-order valence-corrected chi connectivity index (χ1v) is 8.82. The van der Waals surface area contributed by atoms with Crippen LogP contribution in [0.25, 0.3) is 10.4 Å². The highest BCUT2D eigenvalue weighted by Crippen LogP contribution is 2.47. The summed E-state index contributed by atoms with van der Waals surface area (Å²) >= 11 is 1.83. The molecule has 2 N–H and O–H groups in total. The Morgan fingerprint density at radius 2 is 2.17 bits per heavy atom. The van der Waals surface area contributed by atoms with Crippen LogP contribution in [-0.4, -0.2) is 6.47 Å². The standard InChI is InChI=1S/C19H23NO2S/c1-12-14-9-19(2,3)8-7-16(14)23-18(12)17-13(10-20)5-4-6-15(17)22-11-21/h4-6,11H,7-10,20H2,1-3H3. The maximum absolute atomic E-state index is 10.9. The molecular formula is C19H23NO2S. The van der Waals surface area contributed by atoms with Gasteiger partial charge in [-0.15, -0.1) is 11.3 Å². The third-order valence-corrected chi connectivity index (χ3v) is 6.19. The van der Waals surface area contributed by atoms with E-state index in [-0.39, 0.29) is 0 Å². The fourth-order valence-electron chi connectivity index (χ4n) is 3.45. The molecule has 0 radical (unpaired) electrons. The smallest absolute Gasteiger partial charge is 0.298 e. The number of hydrogen-bond donors (Lipinski definition) is 1. The van der Waals surface area contributed by atoms with Crippen molar-refractivity contribution in [3.05, 3.63) is 39.8 Å². The number of rotatable bonds is 4. The Kier molecular flexibility index (Phi) is 4.30. The molecule has 23 heavy (non-hydrogen) atoms. The van der Waals surface area contributed by atoms with Crippen LogP contribution in [0, 0.1) is 12.3 Å². The molecule has 3 nitrogen and oxygen atoms in total. The SMILES string of the molecule is Cc1c(-c2c(CN)cccc2OC=O)sc2c1CC(C)(C)CC2. The normalized spacial score (nSPS) is 16.0. The van der Waals surface area contributed by atoms with Gasteiger partial charge in [-0.2, -0.15) is 0 Å². The fourth-order valence-corrected chi connectivity index (χ4v) is 4.86. The number of fused-ring (bicyclic) bond motifs is 1. The van der Waals surface area contributed by atoms with Crippen LogP contribution in [0.4, 0.5) is 0 Å². The van der Waals surface area contributed by atoms with Crippen LogP contribution >= 0.6 is 11.3 Å². The second-order valence-corrected chi connectivity index (χ2v) is 8.11. The summed E-state index contributed by atoms with van der Waals surface area (Å²) in [6, 6.07) is 5.73. The van der Waals surface area contributed by atoms with Gasteiger partial charge in [-0.1, -0.05) is 26.0 Å². The Balaban J connectivity index is 2.17. The van der Waals surface area contributed by atoms with Crippen molar-refractivity contribution in [2.75, 3.05) is 0 Å². The number of aryl methyl sites for hydroxylation is 1. The lowest BCUT2D eigenvalue weighted by molar-refractivity contribution is -0.120. The van der Waals surface area contributed by atoms with Crippen LogP contribution < -0.4 is 10.5 Å². The highest BCUT2D eigenvalue weighted by Gasteiger charge is 2.30. The average Bonchev–Trinajstić information content (AvgIpc) is 2.83. The van der Waals surface area contributed by atoms with Crippen LogP contribution in [0.5, 0.6) is 5.75 Å². The summed E-state index contributed by atoms with van der Waals surface area (Å²) in [5, 5.41) is 0. The van der Waals surface area contributed by atoms with Crippen molar-refractivity contribution in [2.24, 2.45) is 11.1 Å². The summed E-state index contributed by atoms with van der Waals surface area (Å²) in [7, 11) is 0. The van der Waals surface area contributed by atoms with Crippen molar-refractivity contribution < 1.29 is 9.53 Å². The van der Waals surface area contributed by atoms with Gasteiger partial charge in [-0.25, -0.2) is 0 Å². The number of ether oxygens (including phenoxy) is 1. The molecule has 1 aromatic heterocycles. The largest absolute Gasteiger partial charge is 0.428 e. The minimum atomic E-state index is 0.353. The van der Waals surface area contributed by atoms with E-state index in [1.54, 1.807) is 0 Å². The van der Waals surface area contributed by atoms with Gasteiger partial charge in [0.15, 0.2) is 0 Å². The maximum Gasteiger partial charge on any atom is 0.298 e. The molecule has 0 fully saturated rings. The lowest BCUT2D eigenvalue weighted by Gasteiger charge is -2.29. The van der Waals surface area contributed by atoms with Crippen LogP contribution in [-0.2, 0) is 24.2 Å². The van der Waals surface area contributed by atoms with Crippen LogP contribution in [0.3, 0.4) is 0 Å². The van der Waals surface area contributed by atoms with Gasteiger partial charge in [-0.3, -0.25) is 4.79 Å². The molecule has 2 aromatic rings. The molecule has 0 spiro atoms. The Bertz CT molecular complexity index is 746. The van der Waals surface area contributed by atoms with E-state index in [0.717, 1.165) is 24.0 Å².